The van der Waals surface area contributed by atoms with Gasteiger partial charge in [0.25, 0.3) is 0 Å². The Bertz CT molecular complexity index is 215. The fraction of sp³-hybridized carbons (Fsp3) is 0.400. The molecule has 13 heavy (non-hydrogen) atoms. The van der Waals surface area contributed by atoms with Crippen molar-refractivity contribution in [1.29, 1.82) is 0 Å². The van der Waals surface area contributed by atoms with Crippen LogP contribution in [-0.2, 0) is 0 Å². The van der Waals surface area contributed by atoms with E-state index < -0.39 is 0 Å². The molecule has 0 heterocycles. The lowest BCUT2D eigenvalue weighted by molar-refractivity contribution is 0.818. The third-order valence-corrected chi connectivity index (χ3v) is 1.94. The second kappa shape index (κ2) is 5.10. The van der Waals surface area contributed by atoms with Gasteiger partial charge in [-0.15, -0.1) is 12.4 Å². The van der Waals surface area contributed by atoms with Gasteiger partial charge in [-0.25, -0.2) is 0 Å². The van der Waals surface area contributed by atoms with Crippen LogP contribution < -0.4 is 10.6 Å². The Balaban J connectivity index is 0.00000144. The molecule has 0 aliphatic heterocycles. The maximum atomic E-state index is 5.73. The number of halogens is 1. The third kappa shape index (κ3) is 3.25. The molecule has 2 N–H and O–H groups in total. The summed E-state index contributed by atoms with van der Waals surface area (Å²) in [5.41, 5.74) is 8.12. The second-order valence-corrected chi connectivity index (χ2v) is 3.27. The summed E-state index contributed by atoms with van der Waals surface area (Å²) in [7, 11) is 4.06. The zero-order chi connectivity index (χ0) is 9.14. The largest absolute Gasteiger partial charge is 0.378 e. The fourth-order valence-electron chi connectivity index (χ4n) is 1.08. The number of nitrogens with zero attached hydrogens (tertiary/aromatic N) is 1. The summed E-state index contributed by atoms with van der Waals surface area (Å²) in [5.74, 6) is 0. The SMILES string of the molecule is C[C@@H](N)c1ccc(N(C)C)cc1.Cl. The molecule has 3 heteroatoms. The van der Waals surface area contributed by atoms with Crippen LogP contribution in [0.25, 0.3) is 0 Å². The Hall–Kier alpha value is -0.730. The van der Waals surface area contributed by atoms with E-state index in [1.807, 2.05) is 21.0 Å². The first-order chi connectivity index (χ1) is 5.61. The molecule has 0 saturated heterocycles. The van der Waals surface area contributed by atoms with Gasteiger partial charge < -0.3 is 10.6 Å². The van der Waals surface area contributed by atoms with Crippen LogP contribution in [0, 0.1) is 0 Å². The standard InChI is InChI=1S/C10H16N2.ClH/c1-8(11)9-4-6-10(7-5-9)12(2)3;/h4-8H,11H2,1-3H3;1H/t8-;/m1./s1. The lowest BCUT2D eigenvalue weighted by Crippen LogP contribution is -2.09. The first kappa shape index (κ1) is 12.3. The highest BCUT2D eigenvalue weighted by molar-refractivity contribution is 5.85. The lowest BCUT2D eigenvalue weighted by Gasteiger charge is -2.13. The monoisotopic (exact) mass is 200 g/mol. The van der Waals surface area contributed by atoms with E-state index in [0.29, 0.717) is 0 Å². The predicted molar refractivity (Wildman–Crippen MR) is 60.6 cm³/mol. The van der Waals surface area contributed by atoms with Crippen LogP contribution in [0.15, 0.2) is 24.3 Å². The molecular formula is C10H17ClN2. The number of hydrogen-bond acceptors (Lipinski definition) is 2. The van der Waals surface area contributed by atoms with Crippen LogP contribution >= 0.6 is 12.4 Å². The zero-order valence-electron chi connectivity index (χ0n) is 8.32. The van der Waals surface area contributed by atoms with E-state index in [9.17, 15) is 0 Å². The Morgan fingerprint density at radius 2 is 1.62 bits per heavy atom. The van der Waals surface area contributed by atoms with Gasteiger partial charge in [0.2, 0.25) is 0 Å². The van der Waals surface area contributed by atoms with Gasteiger partial charge in [-0.2, -0.15) is 0 Å². The topological polar surface area (TPSA) is 29.3 Å². The molecule has 2 nitrogen and oxygen atoms in total. The fourth-order valence-corrected chi connectivity index (χ4v) is 1.08. The van der Waals surface area contributed by atoms with Crippen molar-refractivity contribution in [3.05, 3.63) is 29.8 Å². The normalized spacial score (nSPS) is 11.7. The van der Waals surface area contributed by atoms with Crippen molar-refractivity contribution < 1.29 is 0 Å². The zero-order valence-corrected chi connectivity index (χ0v) is 9.14. The molecule has 0 bridgehead atoms. The Kier molecular flexibility index (Phi) is 4.81. The molecular weight excluding hydrogens is 184 g/mol. The summed E-state index contributed by atoms with van der Waals surface area (Å²) in [6, 6.07) is 8.43. The quantitative estimate of drug-likeness (QED) is 0.793. The smallest absolute Gasteiger partial charge is 0.0361 e. The highest BCUT2D eigenvalue weighted by Crippen LogP contribution is 2.15. The molecule has 0 spiro atoms. The van der Waals surface area contributed by atoms with E-state index in [-0.39, 0.29) is 18.4 Å². The minimum Gasteiger partial charge on any atom is -0.378 e. The van der Waals surface area contributed by atoms with Crippen LogP contribution in [0.5, 0.6) is 0 Å². The molecule has 0 unspecified atom stereocenters. The van der Waals surface area contributed by atoms with Crippen LogP contribution in [-0.4, -0.2) is 14.1 Å². The number of anilines is 1. The van der Waals surface area contributed by atoms with Crippen LogP contribution in [0.4, 0.5) is 5.69 Å². The average molecular weight is 201 g/mol. The summed E-state index contributed by atoms with van der Waals surface area (Å²) in [6.45, 7) is 1.99. The van der Waals surface area contributed by atoms with Gasteiger partial charge in [-0.3, -0.25) is 0 Å². The molecule has 1 aromatic carbocycles. The van der Waals surface area contributed by atoms with Crippen molar-refractivity contribution in [3.63, 3.8) is 0 Å². The first-order valence-corrected chi connectivity index (χ1v) is 4.14. The van der Waals surface area contributed by atoms with Gasteiger partial charge in [0.1, 0.15) is 0 Å². The molecule has 0 amide bonds. The summed E-state index contributed by atoms with van der Waals surface area (Å²) in [4.78, 5) is 2.07. The van der Waals surface area contributed by atoms with Crippen LogP contribution in [0.2, 0.25) is 0 Å². The molecule has 0 radical (unpaired) electrons. The molecule has 0 saturated carbocycles. The number of rotatable bonds is 2. The average Bonchev–Trinajstić information content (AvgIpc) is 2.04. The van der Waals surface area contributed by atoms with Crippen molar-refractivity contribution in [2.24, 2.45) is 5.73 Å². The van der Waals surface area contributed by atoms with Gasteiger partial charge in [-0.05, 0) is 24.6 Å². The van der Waals surface area contributed by atoms with E-state index in [4.69, 9.17) is 5.73 Å². The minimum atomic E-state index is 0. The molecule has 0 aromatic heterocycles. The molecule has 74 valence electrons. The molecule has 1 aromatic rings. The maximum absolute atomic E-state index is 5.73. The van der Waals surface area contributed by atoms with E-state index in [1.165, 1.54) is 11.3 Å². The summed E-state index contributed by atoms with van der Waals surface area (Å²) >= 11 is 0. The van der Waals surface area contributed by atoms with E-state index in [0.717, 1.165) is 0 Å². The minimum absolute atomic E-state index is 0. The first-order valence-electron chi connectivity index (χ1n) is 4.14. The van der Waals surface area contributed by atoms with Crippen LogP contribution in [0.3, 0.4) is 0 Å². The molecule has 1 atom stereocenters. The third-order valence-electron chi connectivity index (χ3n) is 1.94. The van der Waals surface area contributed by atoms with Gasteiger partial charge in [0, 0.05) is 25.8 Å². The van der Waals surface area contributed by atoms with Crippen molar-refractivity contribution in [2.45, 2.75) is 13.0 Å². The number of nitrogens with two attached hydrogens (primary N) is 1. The van der Waals surface area contributed by atoms with Gasteiger partial charge in [0.15, 0.2) is 0 Å². The van der Waals surface area contributed by atoms with Crippen molar-refractivity contribution in [2.75, 3.05) is 19.0 Å². The van der Waals surface area contributed by atoms with Crippen molar-refractivity contribution in [1.82, 2.24) is 0 Å². The highest BCUT2D eigenvalue weighted by atomic mass is 35.5. The summed E-state index contributed by atoms with van der Waals surface area (Å²) in [6.07, 6.45) is 0. The second-order valence-electron chi connectivity index (χ2n) is 3.27. The Morgan fingerprint density at radius 3 is 1.92 bits per heavy atom. The van der Waals surface area contributed by atoms with E-state index in [1.54, 1.807) is 0 Å². The number of hydrogen-bond donors (Lipinski definition) is 1. The Morgan fingerprint density at radius 1 is 1.15 bits per heavy atom. The molecule has 0 aliphatic rings. The van der Waals surface area contributed by atoms with Gasteiger partial charge in [-0.1, -0.05) is 12.1 Å². The molecule has 1 rings (SSSR count). The van der Waals surface area contributed by atoms with Gasteiger partial charge >= 0.3 is 0 Å². The van der Waals surface area contributed by atoms with Crippen LogP contribution in [0.1, 0.15) is 18.5 Å². The molecule has 0 aliphatic carbocycles. The predicted octanol–water partition coefficient (Wildman–Crippen LogP) is 2.19. The maximum Gasteiger partial charge on any atom is 0.0361 e. The highest BCUT2D eigenvalue weighted by Gasteiger charge is 1.99. The van der Waals surface area contributed by atoms with Gasteiger partial charge in [0.05, 0.1) is 0 Å². The van der Waals surface area contributed by atoms with Crippen molar-refractivity contribution in [3.8, 4) is 0 Å². The summed E-state index contributed by atoms with van der Waals surface area (Å²) < 4.78 is 0. The van der Waals surface area contributed by atoms with E-state index in [2.05, 4.69) is 29.2 Å². The lowest BCUT2D eigenvalue weighted by atomic mass is 10.1. The Labute approximate surface area is 86.1 Å². The summed E-state index contributed by atoms with van der Waals surface area (Å²) in [5, 5.41) is 0. The molecule has 0 fully saturated rings. The van der Waals surface area contributed by atoms with Crippen molar-refractivity contribution >= 4 is 18.1 Å². The number of benzene rings is 1. The van der Waals surface area contributed by atoms with E-state index >= 15 is 0 Å².